The van der Waals surface area contributed by atoms with E-state index in [-0.39, 0.29) is 30.3 Å². The first-order valence-electron chi connectivity index (χ1n) is 9.64. The van der Waals surface area contributed by atoms with Gasteiger partial charge >= 0.3 is 0 Å². The van der Waals surface area contributed by atoms with E-state index in [2.05, 4.69) is 36.5 Å². The van der Waals surface area contributed by atoms with Crippen LogP contribution in [0.5, 0.6) is 0 Å². The van der Waals surface area contributed by atoms with Crippen LogP contribution in [-0.2, 0) is 9.59 Å². The molecule has 142 valence electrons. The Morgan fingerprint density at radius 2 is 1.63 bits per heavy atom. The molecule has 1 aliphatic rings. The Bertz CT molecular complexity index is 796. The summed E-state index contributed by atoms with van der Waals surface area (Å²) in [5.74, 6) is -0.0257. The molecule has 0 aromatic heterocycles. The normalized spacial score (nSPS) is 17.6. The molecular formula is C23H28N2O2. The lowest BCUT2D eigenvalue weighted by Gasteiger charge is -2.28. The summed E-state index contributed by atoms with van der Waals surface area (Å²) in [6.07, 6.45) is 2.29. The summed E-state index contributed by atoms with van der Waals surface area (Å²) < 4.78 is 0. The molecule has 1 aliphatic heterocycles. The fourth-order valence-corrected chi connectivity index (χ4v) is 3.79. The van der Waals surface area contributed by atoms with Gasteiger partial charge in [-0.1, -0.05) is 59.7 Å². The largest absolute Gasteiger partial charge is 0.349 e. The molecule has 4 heteroatoms. The Labute approximate surface area is 161 Å². The van der Waals surface area contributed by atoms with Gasteiger partial charge in [0.05, 0.1) is 18.5 Å². The number of carbonyl (C=O) groups is 2. The highest BCUT2D eigenvalue weighted by Gasteiger charge is 2.31. The van der Waals surface area contributed by atoms with Gasteiger partial charge < -0.3 is 10.2 Å². The van der Waals surface area contributed by atoms with E-state index in [1.165, 1.54) is 18.1 Å². The highest BCUT2D eigenvalue weighted by Crippen LogP contribution is 2.33. The van der Waals surface area contributed by atoms with Gasteiger partial charge in [0.1, 0.15) is 0 Å². The molecule has 2 unspecified atom stereocenters. The second-order valence-corrected chi connectivity index (χ2v) is 7.52. The summed E-state index contributed by atoms with van der Waals surface area (Å²) in [7, 11) is 0. The Hall–Kier alpha value is -2.62. The van der Waals surface area contributed by atoms with E-state index in [0.29, 0.717) is 0 Å². The van der Waals surface area contributed by atoms with E-state index >= 15 is 0 Å². The minimum Gasteiger partial charge on any atom is -0.349 e. The number of nitrogens with zero attached hydrogens (tertiary/aromatic N) is 1. The van der Waals surface area contributed by atoms with Gasteiger partial charge in [0.15, 0.2) is 0 Å². The van der Waals surface area contributed by atoms with Crippen molar-refractivity contribution in [2.75, 3.05) is 6.54 Å². The average molecular weight is 364 g/mol. The second kappa shape index (κ2) is 8.38. The maximum Gasteiger partial charge on any atom is 0.225 e. The molecule has 27 heavy (non-hydrogen) atoms. The lowest BCUT2D eigenvalue weighted by molar-refractivity contribution is -0.133. The smallest absolute Gasteiger partial charge is 0.225 e. The molecule has 2 aromatic rings. The van der Waals surface area contributed by atoms with Crippen molar-refractivity contribution in [3.63, 3.8) is 0 Å². The first-order chi connectivity index (χ1) is 12.9. The quantitative estimate of drug-likeness (QED) is 0.863. The number of hydrogen-bond donors (Lipinski definition) is 1. The molecule has 1 N–H and O–H groups in total. The van der Waals surface area contributed by atoms with Crippen molar-refractivity contribution in [3.05, 3.63) is 70.8 Å². The minimum atomic E-state index is -0.296. The molecule has 1 saturated heterocycles. The van der Waals surface area contributed by atoms with Gasteiger partial charge in [-0.2, -0.15) is 0 Å². The zero-order chi connectivity index (χ0) is 19.4. The number of benzene rings is 2. The summed E-state index contributed by atoms with van der Waals surface area (Å²) in [4.78, 5) is 26.8. The van der Waals surface area contributed by atoms with E-state index in [0.717, 1.165) is 30.5 Å². The van der Waals surface area contributed by atoms with Gasteiger partial charge in [-0.25, -0.2) is 0 Å². The molecule has 0 radical (unpaired) electrons. The average Bonchev–Trinajstić information content (AvgIpc) is 3.12. The van der Waals surface area contributed by atoms with Gasteiger partial charge in [0, 0.05) is 13.5 Å². The van der Waals surface area contributed by atoms with Crippen LogP contribution in [0, 0.1) is 13.8 Å². The number of hydrogen-bond acceptors (Lipinski definition) is 2. The van der Waals surface area contributed by atoms with Crippen molar-refractivity contribution in [2.45, 2.75) is 52.1 Å². The number of rotatable bonds is 5. The second-order valence-electron chi connectivity index (χ2n) is 7.52. The molecule has 0 spiro atoms. The molecule has 0 aliphatic carbocycles. The summed E-state index contributed by atoms with van der Waals surface area (Å²) in [6.45, 7) is 6.37. The van der Waals surface area contributed by atoms with E-state index in [4.69, 9.17) is 0 Å². The SMILES string of the molecule is CC(=O)NC(CC(=O)N1CCCC1c1ccc(C)cc1)c1ccc(C)cc1. The van der Waals surface area contributed by atoms with Crippen LogP contribution in [0.3, 0.4) is 0 Å². The molecule has 2 amide bonds. The van der Waals surface area contributed by atoms with Crippen LogP contribution in [0.15, 0.2) is 48.5 Å². The highest BCUT2D eigenvalue weighted by atomic mass is 16.2. The van der Waals surface area contributed by atoms with Crippen molar-refractivity contribution >= 4 is 11.8 Å². The lowest BCUT2D eigenvalue weighted by Crippen LogP contribution is -2.35. The predicted molar refractivity (Wildman–Crippen MR) is 107 cm³/mol. The van der Waals surface area contributed by atoms with Crippen LogP contribution in [-0.4, -0.2) is 23.3 Å². The lowest BCUT2D eigenvalue weighted by atomic mass is 10.00. The maximum atomic E-state index is 13.1. The number of likely N-dealkylation sites (tertiary alicyclic amines) is 1. The maximum absolute atomic E-state index is 13.1. The predicted octanol–water partition coefficient (Wildman–Crippen LogP) is 4.23. The zero-order valence-electron chi connectivity index (χ0n) is 16.4. The van der Waals surface area contributed by atoms with Crippen molar-refractivity contribution in [1.82, 2.24) is 10.2 Å². The monoisotopic (exact) mass is 364 g/mol. The fourth-order valence-electron chi connectivity index (χ4n) is 3.79. The summed E-state index contributed by atoms with van der Waals surface area (Å²) in [5.41, 5.74) is 4.54. The molecule has 4 nitrogen and oxygen atoms in total. The van der Waals surface area contributed by atoms with Gasteiger partial charge in [0.2, 0.25) is 11.8 Å². The van der Waals surface area contributed by atoms with Gasteiger partial charge in [0.25, 0.3) is 0 Å². The third kappa shape index (κ3) is 4.76. The summed E-state index contributed by atoms with van der Waals surface area (Å²) in [6, 6.07) is 16.3. The standard InChI is InChI=1S/C23H28N2O2/c1-16-6-10-19(11-7-16)21(24-18(3)26)15-23(27)25-14-4-5-22(25)20-12-8-17(2)9-13-20/h6-13,21-22H,4-5,14-15H2,1-3H3,(H,24,26). The van der Waals surface area contributed by atoms with Gasteiger partial charge in [-0.3, -0.25) is 9.59 Å². The van der Waals surface area contributed by atoms with Crippen molar-refractivity contribution in [1.29, 1.82) is 0 Å². The number of nitrogens with one attached hydrogen (secondary N) is 1. The van der Waals surface area contributed by atoms with Crippen molar-refractivity contribution in [2.24, 2.45) is 0 Å². The molecular weight excluding hydrogens is 336 g/mol. The van der Waals surface area contributed by atoms with Gasteiger partial charge in [-0.15, -0.1) is 0 Å². The number of carbonyl (C=O) groups excluding carboxylic acids is 2. The third-order valence-electron chi connectivity index (χ3n) is 5.27. The van der Waals surface area contributed by atoms with Gasteiger partial charge in [-0.05, 0) is 37.8 Å². The van der Waals surface area contributed by atoms with Crippen LogP contribution in [0.4, 0.5) is 0 Å². The Balaban J connectivity index is 1.76. The first-order valence-corrected chi connectivity index (χ1v) is 9.64. The summed E-state index contributed by atoms with van der Waals surface area (Å²) in [5, 5.41) is 2.95. The Kier molecular flexibility index (Phi) is 5.94. The summed E-state index contributed by atoms with van der Waals surface area (Å²) >= 11 is 0. The topological polar surface area (TPSA) is 49.4 Å². The zero-order valence-corrected chi connectivity index (χ0v) is 16.4. The molecule has 0 bridgehead atoms. The first kappa shape index (κ1) is 19.2. The third-order valence-corrected chi connectivity index (χ3v) is 5.27. The van der Waals surface area contributed by atoms with Crippen molar-refractivity contribution in [3.8, 4) is 0 Å². The van der Waals surface area contributed by atoms with E-state index in [1.807, 2.05) is 36.1 Å². The van der Waals surface area contributed by atoms with E-state index in [1.54, 1.807) is 0 Å². The van der Waals surface area contributed by atoms with E-state index < -0.39 is 0 Å². The highest BCUT2D eigenvalue weighted by molar-refractivity contribution is 5.80. The number of aryl methyl sites for hydroxylation is 2. The van der Waals surface area contributed by atoms with Crippen LogP contribution in [0.25, 0.3) is 0 Å². The molecule has 2 atom stereocenters. The Morgan fingerprint density at radius 3 is 2.22 bits per heavy atom. The Morgan fingerprint density at radius 1 is 1.04 bits per heavy atom. The molecule has 3 rings (SSSR count). The molecule has 1 heterocycles. The van der Waals surface area contributed by atoms with Crippen LogP contribution in [0.1, 0.15) is 60.5 Å². The van der Waals surface area contributed by atoms with Crippen molar-refractivity contribution < 1.29 is 9.59 Å². The van der Waals surface area contributed by atoms with E-state index in [9.17, 15) is 9.59 Å². The van der Waals surface area contributed by atoms with Crippen LogP contribution in [0.2, 0.25) is 0 Å². The van der Waals surface area contributed by atoms with Crippen LogP contribution >= 0.6 is 0 Å². The number of amides is 2. The van der Waals surface area contributed by atoms with Crippen LogP contribution < -0.4 is 5.32 Å². The fraction of sp³-hybridized carbons (Fsp3) is 0.391. The molecule has 0 saturated carbocycles. The molecule has 1 fully saturated rings. The molecule has 2 aromatic carbocycles. The minimum absolute atomic E-state index is 0.0948.